The number of alkyl halides is 3. The van der Waals surface area contributed by atoms with Crippen LogP contribution in [0.2, 0.25) is 0 Å². The minimum atomic E-state index is -4.84. The number of anilines is 1. The number of allylic oxidation sites excluding steroid dienone is 1. The number of nitrogens with zero attached hydrogens (tertiary/aromatic N) is 2. The van der Waals surface area contributed by atoms with E-state index in [0.717, 1.165) is 12.5 Å². The maximum atomic E-state index is 14.4. The predicted octanol–water partition coefficient (Wildman–Crippen LogP) is 5.84. The van der Waals surface area contributed by atoms with Crippen LogP contribution in [0.5, 0.6) is 0 Å². The zero-order chi connectivity index (χ0) is 36.5. The molecule has 10 nitrogen and oxygen atoms in total. The summed E-state index contributed by atoms with van der Waals surface area (Å²) < 4.78 is 80.4. The van der Waals surface area contributed by atoms with Crippen molar-refractivity contribution in [1.82, 2.24) is 15.1 Å². The molecular weight excluding hydrogens is 679 g/mol. The third kappa shape index (κ3) is 7.81. The molecule has 2 fully saturated rings. The summed E-state index contributed by atoms with van der Waals surface area (Å²) in [6.45, 7) is 1.54. The van der Waals surface area contributed by atoms with Crippen LogP contribution in [0, 0.1) is 17.6 Å². The second-order valence-corrected chi connectivity index (χ2v) is 13.5. The fraction of sp³-hybridized carbons (Fsp3) is 0.500. The zero-order valence-corrected chi connectivity index (χ0v) is 27.9. The summed E-state index contributed by atoms with van der Waals surface area (Å²) in [6.07, 6.45) is -0.0573. The lowest BCUT2D eigenvalue weighted by molar-refractivity contribution is -0.150. The number of rotatable bonds is 5. The van der Waals surface area contributed by atoms with Crippen LogP contribution in [-0.2, 0) is 43.1 Å². The van der Waals surface area contributed by atoms with Crippen molar-refractivity contribution in [1.29, 1.82) is 0 Å². The van der Waals surface area contributed by atoms with E-state index in [4.69, 9.17) is 9.47 Å². The Labute approximate surface area is 291 Å². The number of ether oxygens (including phenoxy) is 2. The molecule has 3 aliphatic heterocycles. The normalized spacial score (nSPS) is 26.6. The first kappa shape index (κ1) is 36.1. The lowest BCUT2D eigenvalue weighted by atomic mass is 10.0. The molecule has 5 atom stereocenters. The van der Waals surface area contributed by atoms with Gasteiger partial charge in [-0.05, 0) is 62.4 Å². The Balaban J connectivity index is 1.28. The average molecular weight is 719 g/mol. The van der Waals surface area contributed by atoms with Gasteiger partial charge in [0.1, 0.15) is 35.4 Å². The van der Waals surface area contributed by atoms with Gasteiger partial charge in [-0.2, -0.15) is 13.2 Å². The van der Waals surface area contributed by atoms with Gasteiger partial charge >= 0.3 is 18.2 Å². The van der Waals surface area contributed by atoms with Gasteiger partial charge in [-0.3, -0.25) is 14.5 Å². The maximum absolute atomic E-state index is 14.4. The Kier molecular flexibility index (Phi) is 10.3. The Hall–Kier alpha value is -4.69. The van der Waals surface area contributed by atoms with Crippen LogP contribution in [0.25, 0.3) is 0 Å². The summed E-state index contributed by atoms with van der Waals surface area (Å²) in [5.41, 5.74) is -1.88. The molecule has 1 aliphatic carbocycles. The van der Waals surface area contributed by atoms with Crippen LogP contribution < -0.4 is 10.6 Å². The molecule has 1 saturated heterocycles. The van der Waals surface area contributed by atoms with Crippen LogP contribution in [-0.4, -0.2) is 70.6 Å². The molecule has 4 aliphatic rings. The number of nitrogens with one attached hydrogen (secondary N) is 2. The molecule has 0 aromatic heterocycles. The van der Waals surface area contributed by atoms with Crippen LogP contribution >= 0.6 is 0 Å². The number of fused-ring (bicyclic) bond motifs is 3. The van der Waals surface area contributed by atoms with Crippen molar-refractivity contribution in [2.75, 3.05) is 18.5 Å². The van der Waals surface area contributed by atoms with E-state index in [1.54, 1.807) is 13.0 Å². The molecule has 51 heavy (non-hydrogen) atoms. The Bertz CT molecular complexity index is 1720. The average Bonchev–Trinajstić information content (AvgIpc) is 3.37. The van der Waals surface area contributed by atoms with Gasteiger partial charge in [0.15, 0.2) is 0 Å². The molecule has 2 N–H and O–H groups in total. The highest BCUT2D eigenvalue weighted by atomic mass is 19.4. The van der Waals surface area contributed by atoms with Crippen LogP contribution in [0.1, 0.15) is 68.6 Å². The summed E-state index contributed by atoms with van der Waals surface area (Å²) in [5.74, 6) is -3.94. The summed E-state index contributed by atoms with van der Waals surface area (Å²) in [4.78, 5) is 57.3. The smallest absolute Gasteiger partial charge is 0.416 e. The highest BCUT2D eigenvalue weighted by molar-refractivity contribution is 5.96. The fourth-order valence-electron chi connectivity index (χ4n) is 7.16. The standard InChI is InChI=1S/C36H39F5N4O6/c1-2-50-33(48)35-17-22(35)10-6-4-3-5-7-12-29(42-25-14-23(36(39,40)41)13-24(37)15-25)32(47)45-19-26(16-30(45)31(46)43-35)51-34(49)44-18-21-9-8-11-28(38)27(21)20-44/h6,8-11,13-15,22,26,29-30,42H,2-5,7,12,16-20H2,1H3,(H,43,46)/t22-,26-,29+,30+,35-/m1/s1. The molecule has 1 saturated carbocycles. The first-order valence-corrected chi connectivity index (χ1v) is 17.1. The predicted molar refractivity (Wildman–Crippen MR) is 173 cm³/mol. The van der Waals surface area contributed by atoms with E-state index in [2.05, 4.69) is 10.6 Å². The van der Waals surface area contributed by atoms with Gasteiger partial charge < -0.3 is 25.0 Å². The van der Waals surface area contributed by atoms with Gasteiger partial charge in [0.05, 0.1) is 25.3 Å². The van der Waals surface area contributed by atoms with E-state index < -0.39 is 71.0 Å². The minimum absolute atomic E-state index is 0.0311. The number of benzene rings is 2. The van der Waals surface area contributed by atoms with E-state index >= 15 is 0 Å². The van der Waals surface area contributed by atoms with Crippen LogP contribution in [0.3, 0.4) is 0 Å². The maximum Gasteiger partial charge on any atom is 0.416 e. The Morgan fingerprint density at radius 2 is 1.88 bits per heavy atom. The topological polar surface area (TPSA) is 117 Å². The van der Waals surface area contributed by atoms with E-state index in [9.17, 15) is 41.1 Å². The number of hydrogen-bond acceptors (Lipinski definition) is 7. The van der Waals surface area contributed by atoms with Crippen LogP contribution in [0.4, 0.5) is 32.4 Å². The molecule has 0 unspecified atom stereocenters. The number of hydrogen-bond donors (Lipinski definition) is 2. The lowest BCUT2D eigenvalue weighted by Gasteiger charge is -2.30. The first-order valence-electron chi connectivity index (χ1n) is 17.1. The summed E-state index contributed by atoms with van der Waals surface area (Å²) in [5, 5.41) is 5.59. The second-order valence-electron chi connectivity index (χ2n) is 13.5. The molecule has 0 bridgehead atoms. The summed E-state index contributed by atoms with van der Waals surface area (Å²) in [7, 11) is 0. The highest BCUT2D eigenvalue weighted by Gasteiger charge is 2.62. The quantitative estimate of drug-likeness (QED) is 0.227. The van der Waals surface area contributed by atoms with Gasteiger partial charge in [-0.25, -0.2) is 18.4 Å². The Morgan fingerprint density at radius 3 is 2.63 bits per heavy atom. The number of amides is 3. The SMILES string of the molecule is CCOC(=O)[C@@]12C[C@H]1C=CCCCCC[C@H](Nc1cc(F)cc(C(F)(F)F)c1)C(=O)N1C[C@H](OC(=O)N3Cc4cccc(F)c4C3)C[C@H]1C(=O)N2. The fourth-order valence-corrected chi connectivity index (χ4v) is 7.16. The minimum Gasteiger partial charge on any atom is -0.464 e. The zero-order valence-electron chi connectivity index (χ0n) is 27.9. The molecule has 15 heteroatoms. The van der Waals surface area contributed by atoms with Crippen molar-refractivity contribution in [3.05, 3.63) is 76.9 Å². The third-order valence-electron chi connectivity index (χ3n) is 9.90. The molecule has 3 amide bonds. The second kappa shape index (κ2) is 14.5. The van der Waals surface area contributed by atoms with E-state index in [1.165, 1.54) is 21.9 Å². The molecule has 0 spiro atoms. The third-order valence-corrected chi connectivity index (χ3v) is 9.90. The van der Waals surface area contributed by atoms with Crippen molar-refractivity contribution in [3.8, 4) is 0 Å². The van der Waals surface area contributed by atoms with Gasteiger partial charge in [0, 0.05) is 30.1 Å². The molecular formula is C36H39F5N4O6. The largest absolute Gasteiger partial charge is 0.464 e. The van der Waals surface area contributed by atoms with Gasteiger partial charge in [0.2, 0.25) is 11.8 Å². The highest BCUT2D eigenvalue weighted by Crippen LogP contribution is 2.46. The molecule has 274 valence electrons. The van der Waals surface area contributed by atoms with Crippen molar-refractivity contribution >= 4 is 29.6 Å². The van der Waals surface area contributed by atoms with Crippen molar-refractivity contribution in [2.45, 2.75) is 94.9 Å². The number of carbonyl (C=O) groups is 4. The molecule has 2 aromatic carbocycles. The molecule has 3 heterocycles. The first-order chi connectivity index (χ1) is 24.3. The number of esters is 1. The lowest BCUT2D eigenvalue weighted by Crippen LogP contribution is -2.55. The number of carbonyl (C=O) groups excluding carboxylic acids is 4. The molecule has 2 aromatic rings. The van der Waals surface area contributed by atoms with E-state index in [0.29, 0.717) is 42.5 Å². The van der Waals surface area contributed by atoms with Crippen molar-refractivity contribution < 1.29 is 50.6 Å². The summed E-state index contributed by atoms with van der Waals surface area (Å²) >= 11 is 0. The van der Waals surface area contributed by atoms with Gasteiger partial charge in [0.25, 0.3) is 0 Å². The van der Waals surface area contributed by atoms with E-state index in [-0.39, 0.29) is 57.1 Å². The monoisotopic (exact) mass is 718 g/mol. The summed E-state index contributed by atoms with van der Waals surface area (Å²) in [6, 6.07) is 4.03. The van der Waals surface area contributed by atoms with Crippen molar-refractivity contribution in [2.24, 2.45) is 5.92 Å². The van der Waals surface area contributed by atoms with Crippen molar-refractivity contribution in [3.63, 3.8) is 0 Å². The molecule has 6 rings (SSSR count). The molecule has 0 radical (unpaired) electrons. The number of halogens is 5. The van der Waals surface area contributed by atoms with Gasteiger partial charge in [-0.1, -0.05) is 37.1 Å². The van der Waals surface area contributed by atoms with Gasteiger partial charge in [-0.15, -0.1) is 0 Å². The van der Waals surface area contributed by atoms with E-state index in [1.807, 2.05) is 12.2 Å². The van der Waals surface area contributed by atoms with Crippen LogP contribution in [0.15, 0.2) is 48.6 Å². The Morgan fingerprint density at radius 1 is 1.08 bits per heavy atom.